The Balaban J connectivity index is 3.43. The van der Waals surface area contributed by atoms with E-state index >= 15 is 0 Å². The maximum Gasteiger partial charge on any atom is 0.435 e. The largest absolute Gasteiger partial charge is 0.435 e. The minimum atomic E-state index is -4.63. The van der Waals surface area contributed by atoms with Gasteiger partial charge in [-0.1, -0.05) is 20.8 Å². The van der Waals surface area contributed by atoms with Crippen molar-refractivity contribution in [2.75, 3.05) is 0 Å². The number of halogens is 3. The van der Waals surface area contributed by atoms with Gasteiger partial charge in [0.15, 0.2) is 5.69 Å². The van der Waals surface area contributed by atoms with E-state index in [9.17, 15) is 18.0 Å². The highest BCUT2D eigenvalue weighted by Crippen LogP contribution is 2.36. The zero-order valence-electron chi connectivity index (χ0n) is 9.59. The molecular weight excluding hydrogens is 233 g/mol. The molecule has 1 heterocycles. The first-order chi connectivity index (χ1) is 7.66. The van der Waals surface area contributed by atoms with E-state index < -0.39 is 17.6 Å². The van der Waals surface area contributed by atoms with Crippen molar-refractivity contribution in [3.63, 3.8) is 0 Å². The Morgan fingerprint density at radius 2 is 1.88 bits per heavy atom. The number of aliphatic imine (C=N–C) groups is 1. The maximum atomic E-state index is 12.5. The predicted molar refractivity (Wildman–Crippen MR) is 55.7 cm³/mol. The lowest BCUT2D eigenvalue weighted by Crippen LogP contribution is -2.14. The van der Waals surface area contributed by atoms with Crippen molar-refractivity contribution in [3.8, 4) is 0 Å². The van der Waals surface area contributed by atoms with Crippen LogP contribution in [0.2, 0.25) is 0 Å². The lowest BCUT2D eigenvalue weighted by atomic mass is 9.88. The van der Waals surface area contributed by atoms with Crippen molar-refractivity contribution in [1.82, 2.24) is 4.98 Å². The van der Waals surface area contributed by atoms with Crippen LogP contribution >= 0.6 is 0 Å². The molecule has 0 spiro atoms. The quantitative estimate of drug-likeness (QED) is 0.561. The molecule has 0 aliphatic heterocycles. The third-order valence-electron chi connectivity index (χ3n) is 2.17. The van der Waals surface area contributed by atoms with Crippen LogP contribution in [0.25, 0.3) is 0 Å². The Morgan fingerprint density at radius 3 is 2.29 bits per heavy atom. The standard InChI is InChI=1S/C11H11F3N2O/c1-10(2,3)7-4-8(16-6-17)9(15-5-7)11(12,13)14/h4-5H,1-3H3. The van der Waals surface area contributed by atoms with Crippen LogP contribution in [0.5, 0.6) is 0 Å². The number of pyridine rings is 1. The number of alkyl halides is 3. The van der Waals surface area contributed by atoms with Gasteiger partial charge in [-0.2, -0.15) is 18.2 Å². The van der Waals surface area contributed by atoms with Gasteiger partial charge in [-0.05, 0) is 17.0 Å². The summed E-state index contributed by atoms with van der Waals surface area (Å²) in [6.45, 7) is 5.48. The van der Waals surface area contributed by atoms with Crippen molar-refractivity contribution in [2.24, 2.45) is 4.99 Å². The van der Waals surface area contributed by atoms with E-state index in [0.717, 1.165) is 12.3 Å². The second kappa shape index (κ2) is 4.30. The van der Waals surface area contributed by atoms with E-state index in [1.165, 1.54) is 6.07 Å². The molecule has 0 atom stereocenters. The van der Waals surface area contributed by atoms with Crippen molar-refractivity contribution in [3.05, 3.63) is 23.5 Å². The number of aromatic nitrogens is 1. The van der Waals surface area contributed by atoms with Gasteiger partial charge < -0.3 is 0 Å². The molecule has 0 bridgehead atoms. The van der Waals surface area contributed by atoms with Gasteiger partial charge in [-0.25, -0.2) is 9.78 Å². The SMILES string of the molecule is CC(C)(C)c1cnc(C(F)(F)F)c(N=C=O)c1. The molecule has 0 unspecified atom stereocenters. The highest BCUT2D eigenvalue weighted by atomic mass is 19.4. The minimum absolute atomic E-state index is 0.371. The van der Waals surface area contributed by atoms with Gasteiger partial charge in [0.1, 0.15) is 5.69 Å². The monoisotopic (exact) mass is 244 g/mol. The number of nitrogens with zero attached hydrogens (tertiary/aromatic N) is 2. The molecule has 1 aromatic heterocycles. The fourth-order valence-electron chi connectivity index (χ4n) is 1.22. The smallest absolute Gasteiger partial charge is 0.249 e. The average molecular weight is 244 g/mol. The molecule has 6 heteroatoms. The van der Waals surface area contributed by atoms with E-state index in [1.807, 2.05) is 20.8 Å². The van der Waals surface area contributed by atoms with Gasteiger partial charge in [0.05, 0.1) is 0 Å². The van der Waals surface area contributed by atoms with Crippen LogP contribution in [0.4, 0.5) is 18.9 Å². The summed E-state index contributed by atoms with van der Waals surface area (Å²) in [5.74, 6) is 0. The number of hydrogen-bond donors (Lipinski definition) is 0. The van der Waals surface area contributed by atoms with Crippen LogP contribution in [0.15, 0.2) is 17.3 Å². The summed E-state index contributed by atoms with van der Waals surface area (Å²) in [7, 11) is 0. The summed E-state index contributed by atoms with van der Waals surface area (Å²) < 4.78 is 37.6. The highest BCUT2D eigenvalue weighted by Gasteiger charge is 2.36. The highest BCUT2D eigenvalue weighted by molar-refractivity contribution is 5.54. The fraction of sp³-hybridized carbons (Fsp3) is 0.455. The third kappa shape index (κ3) is 3.14. The topological polar surface area (TPSA) is 42.3 Å². The Morgan fingerprint density at radius 1 is 1.29 bits per heavy atom. The third-order valence-corrected chi connectivity index (χ3v) is 2.17. The number of rotatable bonds is 1. The molecule has 1 aromatic rings. The van der Waals surface area contributed by atoms with Gasteiger partial charge >= 0.3 is 6.18 Å². The molecule has 0 aromatic carbocycles. The lowest BCUT2D eigenvalue weighted by Gasteiger charge is -2.19. The summed E-state index contributed by atoms with van der Waals surface area (Å²) >= 11 is 0. The zero-order valence-corrected chi connectivity index (χ0v) is 9.59. The Bertz CT molecular complexity index is 469. The van der Waals surface area contributed by atoms with Crippen LogP contribution in [0.3, 0.4) is 0 Å². The van der Waals surface area contributed by atoms with E-state index in [0.29, 0.717) is 5.56 Å². The van der Waals surface area contributed by atoms with Crippen LogP contribution < -0.4 is 0 Å². The summed E-state index contributed by atoms with van der Waals surface area (Å²) in [5, 5.41) is 0. The zero-order chi connectivity index (χ0) is 13.3. The van der Waals surface area contributed by atoms with Crippen LogP contribution in [-0.4, -0.2) is 11.1 Å². The van der Waals surface area contributed by atoms with Crippen molar-refractivity contribution >= 4 is 11.8 Å². The molecular formula is C11H11F3N2O. The Hall–Kier alpha value is -1.68. The number of hydrogen-bond acceptors (Lipinski definition) is 3. The van der Waals surface area contributed by atoms with Gasteiger partial charge in [0.2, 0.25) is 6.08 Å². The molecule has 0 aliphatic rings. The Labute approximate surface area is 96.4 Å². The van der Waals surface area contributed by atoms with E-state index in [2.05, 4.69) is 9.98 Å². The van der Waals surface area contributed by atoms with Crippen LogP contribution in [0, 0.1) is 0 Å². The Kier molecular flexibility index (Phi) is 3.38. The summed E-state index contributed by atoms with van der Waals surface area (Å²) in [6, 6.07) is 1.21. The van der Waals surface area contributed by atoms with Gasteiger partial charge in [0.25, 0.3) is 0 Å². The molecule has 3 nitrogen and oxygen atoms in total. The van der Waals surface area contributed by atoms with E-state index in [1.54, 1.807) is 0 Å². The second-order valence-corrected chi connectivity index (χ2v) is 4.54. The van der Waals surface area contributed by atoms with Gasteiger partial charge in [0, 0.05) is 6.20 Å². The summed E-state index contributed by atoms with van der Waals surface area (Å²) in [4.78, 5) is 16.5. The molecule has 0 saturated carbocycles. The number of isocyanates is 1. The molecule has 0 fully saturated rings. The number of carbonyl (C=O) groups excluding carboxylic acids is 1. The first-order valence-corrected chi connectivity index (χ1v) is 4.82. The minimum Gasteiger partial charge on any atom is -0.249 e. The molecule has 0 N–H and O–H groups in total. The average Bonchev–Trinajstić information content (AvgIpc) is 2.15. The first-order valence-electron chi connectivity index (χ1n) is 4.82. The normalized spacial score (nSPS) is 12.1. The first kappa shape index (κ1) is 13.4. The molecule has 0 saturated heterocycles. The van der Waals surface area contributed by atoms with E-state index in [-0.39, 0.29) is 5.41 Å². The molecule has 1 rings (SSSR count). The summed E-state index contributed by atoms with van der Waals surface area (Å²) in [6.07, 6.45) is -2.38. The maximum absolute atomic E-state index is 12.5. The van der Waals surface area contributed by atoms with Crippen molar-refractivity contribution in [2.45, 2.75) is 32.4 Å². The van der Waals surface area contributed by atoms with Crippen LogP contribution in [-0.2, 0) is 16.4 Å². The predicted octanol–water partition coefficient (Wildman–Crippen LogP) is 3.37. The van der Waals surface area contributed by atoms with Gasteiger partial charge in [-0.3, -0.25) is 0 Å². The van der Waals surface area contributed by atoms with E-state index in [4.69, 9.17) is 0 Å². The van der Waals surface area contributed by atoms with Crippen molar-refractivity contribution < 1.29 is 18.0 Å². The molecule has 92 valence electrons. The lowest BCUT2D eigenvalue weighted by molar-refractivity contribution is -0.140. The second-order valence-electron chi connectivity index (χ2n) is 4.54. The molecule has 0 aliphatic carbocycles. The molecule has 0 radical (unpaired) electrons. The van der Waals surface area contributed by atoms with Crippen molar-refractivity contribution in [1.29, 1.82) is 0 Å². The van der Waals surface area contributed by atoms with Gasteiger partial charge in [-0.15, -0.1) is 0 Å². The molecule has 0 amide bonds. The molecule has 17 heavy (non-hydrogen) atoms. The van der Waals surface area contributed by atoms with Crippen LogP contribution in [0.1, 0.15) is 32.0 Å². The fourth-order valence-corrected chi connectivity index (χ4v) is 1.22. The summed E-state index contributed by atoms with van der Waals surface area (Å²) in [5.41, 5.74) is -1.47.